The van der Waals surface area contributed by atoms with Gasteiger partial charge in [-0.15, -0.1) is 6.58 Å². The molecule has 7 N–H and O–H groups in total. The molecule has 4 aromatic rings. The van der Waals surface area contributed by atoms with E-state index in [1.54, 1.807) is 71.2 Å². The molecule has 2 heterocycles. The van der Waals surface area contributed by atoms with Gasteiger partial charge in [0.2, 0.25) is 23.8 Å². The van der Waals surface area contributed by atoms with Gasteiger partial charge in [-0.05, 0) is 67.4 Å². The molecule has 1 unspecified atom stereocenters. The van der Waals surface area contributed by atoms with Gasteiger partial charge < -0.3 is 41.8 Å². The third kappa shape index (κ3) is 11.9. The summed E-state index contributed by atoms with van der Waals surface area (Å²) in [5, 5.41) is 16.3. The van der Waals surface area contributed by atoms with E-state index >= 15 is 0 Å². The number of methoxy groups -OCH3 is 2. The van der Waals surface area contributed by atoms with Gasteiger partial charge in [-0.2, -0.15) is 15.0 Å². The van der Waals surface area contributed by atoms with E-state index in [4.69, 9.17) is 15.2 Å². The lowest BCUT2D eigenvalue weighted by Gasteiger charge is -2.18. The van der Waals surface area contributed by atoms with Crippen LogP contribution in [0.4, 0.5) is 29.2 Å². The number of benzene rings is 2. The van der Waals surface area contributed by atoms with Crippen LogP contribution in [0.3, 0.4) is 0 Å². The Morgan fingerprint density at radius 3 is 2.13 bits per heavy atom. The maximum absolute atomic E-state index is 12.5. The zero-order valence-corrected chi connectivity index (χ0v) is 28.1. The minimum absolute atomic E-state index is 0.142. The van der Waals surface area contributed by atoms with Gasteiger partial charge in [0.1, 0.15) is 6.04 Å². The summed E-state index contributed by atoms with van der Waals surface area (Å²) in [6.45, 7) is 9.25. The molecule has 250 valence electrons. The SMILES string of the molecule is C=CC.CC.CN/C=C(\C=C\NC)CC(Nc1nc(Nc2ccc(OC)c(OC)c2)nc(Nc2ccc3ncccc3c2)n1)C(N)=O. The van der Waals surface area contributed by atoms with Gasteiger partial charge in [0, 0.05) is 49.5 Å². The zero-order valence-electron chi connectivity index (χ0n) is 28.1. The molecule has 2 aromatic carbocycles. The van der Waals surface area contributed by atoms with Crippen LogP contribution in [0.1, 0.15) is 27.2 Å². The van der Waals surface area contributed by atoms with Crippen molar-refractivity contribution in [1.29, 1.82) is 0 Å². The molecule has 0 bridgehead atoms. The topological polar surface area (TPSA) is 173 Å². The fraction of sp³-hybridized carbons (Fsp3) is 0.265. The summed E-state index contributed by atoms with van der Waals surface area (Å²) in [6.07, 6.45) is 9.15. The van der Waals surface area contributed by atoms with Crippen LogP contribution in [0, 0.1) is 0 Å². The van der Waals surface area contributed by atoms with E-state index in [1.807, 2.05) is 57.2 Å². The Hall–Kier alpha value is -5.85. The molecule has 47 heavy (non-hydrogen) atoms. The van der Waals surface area contributed by atoms with Gasteiger partial charge in [-0.3, -0.25) is 9.78 Å². The van der Waals surface area contributed by atoms with Crippen LogP contribution in [0.15, 0.2) is 91.4 Å². The number of hydrogen-bond donors (Lipinski definition) is 6. The number of primary amides is 1. The number of nitrogens with zero attached hydrogens (tertiary/aromatic N) is 4. The average Bonchev–Trinajstić information content (AvgIpc) is 3.08. The van der Waals surface area contributed by atoms with Crippen LogP contribution in [-0.2, 0) is 4.79 Å². The number of carbonyl (C=O) groups excluding carboxylic acids is 1. The highest BCUT2D eigenvalue weighted by molar-refractivity contribution is 5.84. The molecule has 0 fully saturated rings. The Balaban J connectivity index is 0.00000145. The van der Waals surface area contributed by atoms with Crippen LogP contribution in [-0.4, -0.2) is 60.2 Å². The summed E-state index contributed by atoms with van der Waals surface area (Å²) in [4.78, 5) is 30.4. The van der Waals surface area contributed by atoms with Gasteiger partial charge in [-0.1, -0.05) is 26.0 Å². The standard InChI is InChI=1S/C29H34N10O3.C3H6.C2H6/c1-31-13-11-18(17-32-2)14-23(26(30)40)36-29-38-27(34-20-7-9-22-19(15-20)6-5-12-33-22)37-28(39-29)35-21-8-10-24(41-3)25(16-21)42-4;1-3-2;1-2/h5-13,15-17,23,31-32H,14H2,1-4H3,(H2,30,40)(H3,34,35,36,37,38,39);3H,1H2,2H3;1-2H3/b13-11+,18-17+;;. The lowest BCUT2D eigenvalue weighted by molar-refractivity contribution is -0.118. The van der Waals surface area contributed by atoms with Crippen LogP contribution in [0.5, 0.6) is 11.5 Å². The fourth-order valence-corrected chi connectivity index (χ4v) is 4.04. The molecule has 0 aliphatic carbocycles. The minimum Gasteiger partial charge on any atom is -0.493 e. The Morgan fingerprint density at radius 1 is 0.915 bits per heavy atom. The van der Waals surface area contributed by atoms with E-state index < -0.39 is 11.9 Å². The van der Waals surface area contributed by atoms with Gasteiger partial charge in [0.25, 0.3) is 0 Å². The van der Waals surface area contributed by atoms with Crippen molar-refractivity contribution in [3.8, 4) is 11.5 Å². The average molecular weight is 643 g/mol. The first-order valence-corrected chi connectivity index (χ1v) is 15.0. The summed E-state index contributed by atoms with van der Waals surface area (Å²) in [7, 11) is 6.69. The highest BCUT2D eigenvalue weighted by Crippen LogP contribution is 2.31. The molecular weight excluding hydrogens is 596 g/mol. The number of anilines is 5. The number of nitrogens with two attached hydrogens (primary N) is 1. The third-order valence-corrected chi connectivity index (χ3v) is 6.01. The lowest BCUT2D eigenvalue weighted by Crippen LogP contribution is -2.36. The molecule has 1 amide bonds. The second-order valence-electron chi connectivity index (χ2n) is 9.38. The predicted octanol–water partition coefficient (Wildman–Crippen LogP) is 5.64. The molecule has 0 spiro atoms. The van der Waals surface area contributed by atoms with Crippen molar-refractivity contribution in [2.24, 2.45) is 5.73 Å². The Kier molecular flexibility index (Phi) is 16.1. The van der Waals surface area contributed by atoms with Crippen molar-refractivity contribution < 1.29 is 14.3 Å². The van der Waals surface area contributed by atoms with Crippen molar-refractivity contribution in [2.75, 3.05) is 44.3 Å². The summed E-state index contributed by atoms with van der Waals surface area (Å²) < 4.78 is 10.8. The monoisotopic (exact) mass is 642 g/mol. The Morgan fingerprint density at radius 2 is 1.53 bits per heavy atom. The number of allylic oxidation sites excluding steroid dienone is 2. The van der Waals surface area contributed by atoms with Gasteiger partial charge >= 0.3 is 0 Å². The number of nitrogens with one attached hydrogen (secondary N) is 5. The molecule has 0 saturated carbocycles. The maximum Gasteiger partial charge on any atom is 0.240 e. The summed E-state index contributed by atoms with van der Waals surface area (Å²) >= 11 is 0. The van der Waals surface area contributed by atoms with E-state index in [1.165, 1.54) is 0 Å². The fourth-order valence-electron chi connectivity index (χ4n) is 4.04. The second-order valence-corrected chi connectivity index (χ2v) is 9.38. The maximum atomic E-state index is 12.5. The van der Waals surface area contributed by atoms with Crippen molar-refractivity contribution in [2.45, 2.75) is 33.2 Å². The minimum atomic E-state index is -0.818. The lowest BCUT2D eigenvalue weighted by atomic mass is 10.1. The molecule has 0 aliphatic heterocycles. The molecule has 13 heteroatoms. The van der Waals surface area contributed by atoms with Crippen molar-refractivity contribution >= 4 is 46.0 Å². The summed E-state index contributed by atoms with van der Waals surface area (Å²) in [5.74, 6) is 1.14. The van der Waals surface area contributed by atoms with Gasteiger partial charge in [-0.25, -0.2) is 0 Å². The number of carbonyl (C=O) groups is 1. The van der Waals surface area contributed by atoms with E-state index in [9.17, 15) is 4.79 Å². The highest BCUT2D eigenvalue weighted by Gasteiger charge is 2.19. The first-order valence-electron chi connectivity index (χ1n) is 15.0. The number of ether oxygens (including phenoxy) is 2. The number of rotatable bonds is 14. The van der Waals surface area contributed by atoms with Crippen LogP contribution >= 0.6 is 0 Å². The van der Waals surface area contributed by atoms with Crippen LogP contribution in [0.2, 0.25) is 0 Å². The Bertz CT molecular complexity index is 1640. The van der Waals surface area contributed by atoms with E-state index in [2.05, 4.69) is 53.1 Å². The van der Waals surface area contributed by atoms with Crippen molar-refractivity contribution in [3.05, 3.63) is 91.4 Å². The number of amides is 1. The first kappa shape index (κ1) is 37.3. The molecule has 0 radical (unpaired) electrons. The highest BCUT2D eigenvalue weighted by atomic mass is 16.5. The molecule has 13 nitrogen and oxygen atoms in total. The van der Waals surface area contributed by atoms with Crippen LogP contribution in [0.25, 0.3) is 10.9 Å². The number of pyridine rings is 1. The van der Waals surface area contributed by atoms with Crippen molar-refractivity contribution in [3.63, 3.8) is 0 Å². The second kappa shape index (κ2) is 20.2. The van der Waals surface area contributed by atoms with E-state index in [0.717, 1.165) is 22.2 Å². The quantitative estimate of drug-likeness (QED) is 0.0740. The van der Waals surface area contributed by atoms with Crippen LogP contribution < -0.4 is 41.8 Å². The number of fused-ring (bicyclic) bond motifs is 1. The number of hydrogen-bond acceptors (Lipinski definition) is 12. The molecule has 0 saturated heterocycles. The predicted molar refractivity (Wildman–Crippen MR) is 191 cm³/mol. The third-order valence-electron chi connectivity index (χ3n) is 6.01. The molecular formula is C34H46N10O3. The molecule has 0 aliphatic rings. The van der Waals surface area contributed by atoms with E-state index in [0.29, 0.717) is 17.2 Å². The molecule has 4 rings (SSSR count). The smallest absolute Gasteiger partial charge is 0.240 e. The summed E-state index contributed by atoms with van der Waals surface area (Å²) in [6, 6.07) is 14.1. The summed E-state index contributed by atoms with van der Waals surface area (Å²) in [5.41, 5.74) is 8.85. The van der Waals surface area contributed by atoms with Gasteiger partial charge in [0.05, 0.1) is 19.7 Å². The largest absolute Gasteiger partial charge is 0.493 e. The number of aromatic nitrogens is 4. The zero-order chi connectivity index (χ0) is 34.6. The normalized spacial score (nSPS) is 11.2. The van der Waals surface area contributed by atoms with E-state index in [-0.39, 0.29) is 24.3 Å². The first-order chi connectivity index (χ1) is 22.8. The van der Waals surface area contributed by atoms with Crippen molar-refractivity contribution in [1.82, 2.24) is 30.6 Å². The van der Waals surface area contributed by atoms with Gasteiger partial charge in [0.15, 0.2) is 11.5 Å². The molecule has 2 aromatic heterocycles. The molecule has 1 atom stereocenters. The Labute approximate surface area is 276 Å².